The summed E-state index contributed by atoms with van der Waals surface area (Å²) in [5.41, 5.74) is 9.41. The number of anilines is 1. The largest absolute Gasteiger partial charge is 0.384 e. The second kappa shape index (κ2) is 3.57. The van der Waals surface area contributed by atoms with Crippen molar-refractivity contribution in [1.82, 2.24) is 4.98 Å². The number of rotatable bonds is 2. The maximum Gasteiger partial charge on any atom is 0.123 e. The Morgan fingerprint density at radius 3 is 2.50 bits per heavy atom. The Kier molecular flexibility index (Phi) is 2.69. The van der Waals surface area contributed by atoms with Gasteiger partial charge in [0.05, 0.1) is 0 Å². The van der Waals surface area contributed by atoms with Crippen molar-refractivity contribution in [2.75, 3.05) is 5.73 Å². The Hall–Kier alpha value is -1.05. The quantitative estimate of drug-likeness (QED) is 0.727. The summed E-state index contributed by atoms with van der Waals surface area (Å²) in [7, 11) is 0. The first-order chi connectivity index (χ1) is 5.69. The smallest absolute Gasteiger partial charge is 0.123 e. The molecule has 12 heavy (non-hydrogen) atoms. The van der Waals surface area contributed by atoms with Crippen LogP contribution in [-0.4, -0.2) is 4.98 Å². The summed E-state index contributed by atoms with van der Waals surface area (Å²) >= 11 is 0. The standard InChI is InChI=1S/C10H16N2/c1-4-8-6-10(11)12-7(3)9(8)5-2/h6H,4-5H2,1-3H3,(H2,11,12). The fraction of sp³-hybridized carbons (Fsp3) is 0.500. The molecule has 1 aromatic heterocycles. The van der Waals surface area contributed by atoms with Crippen molar-refractivity contribution < 1.29 is 0 Å². The maximum absolute atomic E-state index is 5.65. The van der Waals surface area contributed by atoms with Crippen molar-refractivity contribution in [3.8, 4) is 0 Å². The summed E-state index contributed by atoms with van der Waals surface area (Å²) in [5.74, 6) is 0.640. The van der Waals surface area contributed by atoms with E-state index in [1.54, 1.807) is 0 Å². The zero-order valence-corrected chi connectivity index (χ0v) is 8.02. The summed E-state index contributed by atoms with van der Waals surface area (Å²) in [6.07, 6.45) is 2.08. The Bertz CT molecular complexity index is 279. The number of aromatic nitrogens is 1. The number of pyridine rings is 1. The number of nitrogen functional groups attached to an aromatic ring is 1. The van der Waals surface area contributed by atoms with Crippen LogP contribution in [0.3, 0.4) is 0 Å². The predicted molar refractivity (Wildman–Crippen MR) is 52.1 cm³/mol. The minimum atomic E-state index is 0.640. The zero-order valence-electron chi connectivity index (χ0n) is 8.02. The Balaban J connectivity index is 3.24. The molecule has 0 aliphatic rings. The lowest BCUT2D eigenvalue weighted by molar-refractivity contribution is 0.982. The van der Waals surface area contributed by atoms with E-state index >= 15 is 0 Å². The van der Waals surface area contributed by atoms with Crippen LogP contribution < -0.4 is 5.73 Å². The highest BCUT2D eigenvalue weighted by Crippen LogP contribution is 2.16. The molecule has 0 spiro atoms. The molecule has 2 N–H and O–H groups in total. The van der Waals surface area contributed by atoms with Crippen LogP contribution in [0.15, 0.2) is 6.07 Å². The lowest BCUT2D eigenvalue weighted by Crippen LogP contribution is -2.01. The van der Waals surface area contributed by atoms with Crippen molar-refractivity contribution in [3.63, 3.8) is 0 Å². The SMILES string of the molecule is CCc1cc(N)nc(C)c1CC. The molecule has 0 radical (unpaired) electrons. The summed E-state index contributed by atoms with van der Waals surface area (Å²) in [6, 6.07) is 1.98. The number of aryl methyl sites for hydroxylation is 2. The van der Waals surface area contributed by atoms with Crippen molar-refractivity contribution in [3.05, 3.63) is 22.9 Å². The first kappa shape index (κ1) is 9.04. The fourth-order valence-electron chi connectivity index (χ4n) is 1.59. The normalized spacial score (nSPS) is 10.2. The zero-order chi connectivity index (χ0) is 9.14. The maximum atomic E-state index is 5.65. The molecule has 0 saturated heterocycles. The van der Waals surface area contributed by atoms with Gasteiger partial charge in [-0.2, -0.15) is 0 Å². The number of nitrogens with zero attached hydrogens (tertiary/aromatic N) is 1. The molecule has 0 saturated carbocycles. The van der Waals surface area contributed by atoms with Gasteiger partial charge in [-0.05, 0) is 37.0 Å². The van der Waals surface area contributed by atoms with Gasteiger partial charge in [-0.25, -0.2) is 4.98 Å². The molecule has 0 unspecified atom stereocenters. The highest BCUT2D eigenvalue weighted by atomic mass is 14.8. The molecule has 66 valence electrons. The molecule has 0 fully saturated rings. The van der Waals surface area contributed by atoms with Crippen LogP contribution in [0.2, 0.25) is 0 Å². The topological polar surface area (TPSA) is 38.9 Å². The molecule has 0 aliphatic carbocycles. The van der Waals surface area contributed by atoms with Gasteiger partial charge in [-0.3, -0.25) is 0 Å². The minimum absolute atomic E-state index is 0.640. The van der Waals surface area contributed by atoms with Gasteiger partial charge in [0.1, 0.15) is 5.82 Å². The molecular weight excluding hydrogens is 148 g/mol. The lowest BCUT2D eigenvalue weighted by Gasteiger charge is -2.09. The monoisotopic (exact) mass is 164 g/mol. The second-order valence-electron chi connectivity index (χ2n) is 2.98. The van der Waals surface area contributed by atoms with Gasteiger partial charge >= 0.3 is 0 Å². The average molecular weight is 164 g/mol. The van der Waals surface area contributed by atoms with Gasteiger partial charge in [0.2, 0.25) is 0 Å². The minimum Gasteiger partial charge on any atom is -0.384 e. The third kappa shape index (κ3) is 1.58. The second-order valence-corrected chi connectivity index (χ2v) is 2.98. The van der Waals surface area contributed by atoms with Crippen LogP contribution in [0.1, 0.15) is 30.7 Å². The Labute approximate surface area is 73.8 Å². The summed E-state index contributed by atoms with van der Waals surface area (Å²) in [5, 5.41) is 0. The Morgan fingerprint density at radius 1 is 1.33 bits per heavy atom. The first-order valence-corrected chi connectivity index (χ1v) is 4.43. The molecule has 0 amide bonds. The van der Waals surface area contributed by atoms with Crippen LogP contribution in [0, 0.1) is 6.92 Å². The molecule has 0 atom stereocenters. The summed E-state index contributed by atoms with van der Waals surface area (Å²) in [4.78, 5) is 4.23. The van der Waals surface area contributed by atoms with E-state index in [1.165, 1.54) is 11.1 Å². The van der Waals surface area contributed by atoms with E-state index in [0.717, 1.165) is 18.5 Å². The molecule has 1 heterocycles. The van der Waals surface area contributed by atoms with Gasteiger partial charge in [0.15, 0.2) is 0 Å². The van der Waals surface area contributed by atoms with Crippen LogP contribution >= 0.6 is 0 Å². The highest BCUT2D eigenvalue weighted by molar-refractivity contribution is 5.40. The van der Waals surface area contributed by atoms with Gasteiger partial charge in [-0.1, -0.05) is 13.8 Å². The molecular formula is C10H16N2. The molecule has 0 aromatic carbocycles. The highest BCUT2D eigenvalue weighted by Gasteiger charge is 2.04. The van der Waals surface area contributed by atoms with Crippen LogP contribution in [0.4, 0.5) is 5.82 Å². The molecule has 2 nitrogen and oxygen atoms in total. The lowest BCUT2D eigenvalue weighted by atomic mass is 10.0. The van der Waals surface area contributed by atoms with E-state index < -0.39 is 0 Å². The van der Waals surface area contributed by atoms with Gasteiger partial charge in [-0.15, -0.1) is 0 Å². The van der Waals surface area contributed by atoms with E-state index in [9.17, 15) is 0 Å². The van der Waals surface area contributed by atoms with E-state index in [4.69, 9.17) is 5.73 Å². The van der Waals surface area contributed by atoms with Crippen LogP contribution in [-0.2, 0) is 12.8 Å². The molecule has 2 heteroatoms. The predicted octanol–water partition coefficient (Wildman–Crippen LogP) is 2.10. The van der Waals surface area contributed by atoms with E-state index in [-0.39, 0.29) is 0 Å². The van der Waals surface area contributed by atoms with Crippen molar-refractivity contribution in [2.24, 2.45) is 0 Å². The third-order valence-corrected chi connectivity index (χ3v) is 2.18. The van der Waals surface area contributed by atoms with E-state index in [1.807, 2.05) is 13.0 Å². The summed E-state index contributed by atoms with van der Waals surface area (Å²) < 4.78 is 0. The number of hydrogen-bond donors (Lipinski definition) is 1. The molecule has 0 aliphatic heterocycles. The van der Waals surface area contributed by atoms with Gasteiger partial charge in [0, 0.05) is 5.69 Å². The van der Waals surface area contributed by atoms with E-state index in [0.29, 0.717) is 5.82 Å². The molecule has 1 rings (SSSR count). The van der Waals surface area contributed by atoms with Gasteiger partial charge < -0.3 is 5.73 Å². The first-order valence-electron chi connectivity index (χ1n) is 4.43. The summed E-state index contributed by atoms with van der Waals surface area (Å²) in [6.45, 7) is 6.32. The van der Waals surface area contributed by atoms with Crippen LogP contribution in [0.5, 0.6) is 0 Å². The van der Waals surface area contributed by atoms with Gasteiger partial charge in [0.25, 0.3) is 0 Å². The molecule has 0 bridgehead atoms. The van der Waals surface area contributed by atoms with Crippen molar-refractivity contribution in [2.45, 2.75) is 33.6 Å². The van der Waals surface area contributed by atoms with Crippen molar-refractivity contribution in [1.29, 1.82) is 0 Å². The third-order valence-electron chi connectivity index (χ3n) is 2.18. The number of nitrogens with two attached hydrogens (primary N) is 1. The van der Waals surface area contributed by atoms with Crippen LogP contribution in [0.25, 0.3) is 0 Å². The molecule has 1 aromatic rings. The number of hydrogen-bond acceptors (Lipinski definition) is 2. The van der Waals surface area contributed by atoms with E-state index in [2.05, 4.69) is 18.8 Å². The Morgan fingerprint density at radius 2 is 2.00 bits per heavy atom. The fourth-order valence-corrected chi connectivity index (χ4v) is 1.59. The van der Waals surface area contributed by atoms with Crippen molar-refractivity contribution >= 4 is 5.82 Å². The average Bonchev–Trinajstić information content (AvgIpc) is 2.03.